The highest BCUT2D eigenvalue weighted by Crippen LogP contribution is 2.62. The van der Waals surface area contributed by atoms with Gasteiger partial charge in [0.15, 0.2) is 23.0 Å². The number of nitrogens with one attached hydrogen (secondary N) is 1. The minimum atomic E-state index is -1.10. The number of benzene rings is 1. The molecule has 0 heterocycles. The first-order chi connectivity index (χ1) is 14.6. The number of ether oxygens (including phenoxy) is 1. The fourth-order valence-corrected chi connectivity index (χ4v) is 6.47. The second-order valence-electron chi connectivity index (χ2n) is 9.84. The van der Waals surface area contributed by atoms with Crippen LogP contribution in [0.5, 0.6) is 5.75 Å². The van der Waals surface area contributed by atoms with Gasteiger partial charge in [-0.25, -0.2) is 4.39 Å². The minimum Gasteiger partial charge on any atom is -0.481 e. The zero-order chi connectivity index (χ0) is 22.6. The monoisotopic (exact) mass is 447 g/mol. The van der Waals surface area contributed by atoms with E-state index in [0.29, 0.717) is 18.2 Å². The van der Waals surface area contributed by atoms with Crippen LogP contribution < -0.4 is 10.1 Å². The topological polar surface area (TPSA) is 94.7 Å². The van der Waals surface area contributed by atoms with Gasteiger partial charge < -0.3 is 15.2 Å². The molecule has 0 saturated heterocycles. The van der Waals surface area contributed by atoms with Crippen molar-refractivity contribution in [2.24, 2.45) is 34.1 Å². The van der Waals surface area contributed by atoms with Crippen molar-refractivity contribution in [3.05, 3.63) is 29.0 Å². The Balaban J connectivity index is 1.59. The molecule has 6 atom stereocenters. The van der Waals surface area contributed by atoms with Crippen LogP contribution in [0.15, 0.2) is 23.2 Å². The van der Waals surface area contributed by atoms with Crippen LogP contribution in [-0.4, -0.2) is 28.6 Å². The number of carboxylic acid groups (broad SMARTS) is 1. The van der Waals surface area contributed by atoms with Crippen molar-refractivity contribution in [1.29, 1.82) is 5.26 Å². The van der Waals surface area contributed by atoms with E-state index in [4.69, 9.17) is 16.3 Å². The molecule has 4 fully saturated rings. The third-order valence-electron chi connectivity index (χ3n) is 7.72. The first kappa shape index (κ1) is 21.9. The Hall–Kier alpha value is -2.33. The Kier molecular flexibility index (Phi) is 5.41. The Morgan fingerprint density at radius 2 is 2.16 bits per heavy atom. The summed E-state index contributed by atoms with van der Waals surface area (Å²) < 4.78 is 20.2. The molecular weight excluding hydrogens is 421 g/mol. The highest BCUT2D eigenvalue weighted by Gasteiger charge is 2.63. The average molecular weight is 448 g/mol. The highest BCUT2D eigenvalue weighted by atomic mass is 35.5. The van der Waals surface area contributed by atoms with Crippen LogP contribution in [0.25, 0.3) is 0 Å². The molecule has 4 bridgehead atoms. The summed E-state index contributed by atoms with van der Waals surface area (Å²) in [5, 5.41) is 23.0. The van der Waals surface area contributed by atoms with Gasteiger partial charge in [-0.15, -0.1) is 0 Å². The maximum absolute atomic E-state index is 14.3. The molecule has 0 aromatic heterocycles. The number of hydrogen-bond acceptors (Lipinski definition) is 4. The fourth-order valence-electron chi connectivity index (χ4n) is 6.32. The molecule has 0 radical (unpaired) electrons. The maximum atomic E-state index is 14.3. The van der Waals surface area contributed by atoms with Crippen LogP contribution in [-0.2, 0) is 4.79 Å². The molecule has 31 heavy (non-hydrogen) atoms. The van der Waals surface area contributed by atoms with Crippen molar-refractivity contribution in [3.8, 4) is 11.9 Å². The van der Waals surface area contributed by atoms with Crippen molar-refractivity contribution in [2.45, 2.75) is 58.1 Å². The lowest BCUT2D eigenvalue weighted by Gasteiger charge is -2.62. The predicted octanol–water partition coefficient (Wildman–Crippen LogP) is 4.63. The molecule has 1 aromatic carbocycles. The summed E-state index contributed by atoms with van der Waals surface area (Å²) in [6, 6.07) is 4.16. The van der Waals surface area contributed by atoms with Gasteiger partial charge in [-0.1, -0.05) is 18.5 Å². The largest absolute Gasteiger partial charge is 0.481 e. The second kappa shape index (κ2) is 7.67. The summed E-state index contributed by atoms with van der Waals surface area (Å²) in [7, 11) is 0. The molecule has 0 amide bonds. The number of nitrogens with zero attached hydrogens (tertiary/aromatic N) is 2. The molecule has 8 heteroatoms. The number of nitriles is 1. The first-order valence-corrected chi connectivity index (χ1v) is 11.1. The van der Waals surface area contributed by atoms with E-state index >= 15 is 0 Å². The van der Waals surface area contributed by atoms with Crippen molar-refractivity contribution in [1.82, 2.24) is 5.32 Å². The van der Waals surface area contributed by atoms with E-state index in [1.54, 1.807) is 13.8 Å². The van der Waals surface area contributed by atoms with Gasteiger partial charge in [0, 0.05) is 11.1 Å². The van der Waals surface area contributed by atoms with Gasteiger partial charge in [0.1, 0.15) is 0 Å². The van der Waals surface area contributed by atoms with Gasteiger partial charge in [0.2, 0.25) is 6.19 Å². The zero-order valence-corrected chi connectivity index (χ0v) is 18.6. The lowest BCUT2D eigenvalue weighted by atomic mass is 9.44. The summed E-state index contributed by atoms with van der Waals surface area (Å²) in [6.07, 6.45) is 5.16. The number of halogens is 2. The second-order valence-corrected chi connectivity index (χ2v) is 10.3. The normalized spacial score (nSPS) is 34.3. The Labute approximate surface area is 186 Å². The molecule has 1 aromatic rings. The standard InChI is InChI=1S/C23H27ClFN3O3/c1-12-16-7-13-6-14(10-23(12,9-13)21(29)30)19(16)28-20(27-11-26)22(2,3)31-18-5-4-15(24)8-17(18)25/h4-5,8,12-14,16,19H,6-7,9-10H2,1-3H3,(H,27,28)(H,29,30). The molecule has 0 spiro atoms. The van der Waals surface area contributed by atoms with Crippen molar-refractivity contribution < 1.29 is 19.0 Å². The van der Waals surface area contributed by atoms with Crippen LogP contribution >= 0.6 is 11.6 Å². The minimum absolute atomic E-state index is 0.00376. The summed E-state index contributed by atoms with van der Waals surface area (Å²) in [5.74, 6) is -0.127. The molecule has 6 nitrogen and oxygen atoms in total. The summed E-state index contributed by atoms with van der Waals surface area (Å²) in [5.41, 5.74) is -1.76. The molecule has 0 aliphatic heterocycles. The lowest BCUT2D eigenvalue weighted by molar-refractivity contribution is -0.179. The molecule has 2 N–H and O–H groups in total. The van der Waals surface area contributed by atoms with Crippen LogP contribution in [0.2, 0.25) is 5.02 Å². The van der Waals surface area contributed by atoms with E-state index in [1.807, 2.05) is 13.1 Å². The van der Waals surface area contributed by atoms with Crippen molar-refractivity contribution >= 4 is 23.4 Å². The molecule has 4 aliphatic carbocycles. The van der Waals surface area contributed by atoms with Crippen LogP contribution in [0.1, 0.15) is 46.5 Å². The number of hydrogen-bond donors (Lipinski definition) is 2. The summed E-state index contributed by atoms with van der Waals surface area (Å²) in [4.78, 5) is 16.2. The zero-order valence-electron chi connectivity index (χ0n) is 17.9. The number of carbonyl (C=O) groups is 1. The van der Waals surface area contributed by atoms with E-state index in [2.05, 4.69) is 10.3 Å². The lowest BCUT2D eigenvalue weighted by Crippen LogP contribution is -2.66. The molecule has 5 rings (SSSR count). The maximum Gasteiger partial charge on any atom is 0.309 e. The summed E-state index contributed by atoms with van der Waals surface area (Å²) >= 11 is 5.83. The Morgan fingerprint density at radius 1 is 1.42 bits per heavy atom. The van der Waals surface area contributed by atoms with Gasteiger partial charge in [0.25, 0.3) is 0 Å². The van der Waals surface area contributed by atoms with Crippen LogP contribution in [0, 0.1) is 46.4 Å². The van der Waals surface area contributed by atoms with Crippen LogP contribution in [0.4, 0.5) is 4.39 Å². The number of rotatable bonds is 5. The Bertz CT molecular complexity index is 975. The van der Waals surface area contributed by atoms with Crippen molar-refractivity contribution in [2.75, 3.05) is 0 Å². The highest BCUT2D eigenvalue weighted by molar-refractivity contribution is 6.30. The Morgan fingerprint density at radius 3 is 2.81 bits per heavy atom. The first-order valence-electron chi connectivity index (χ1n) is 10.7. The number of carboxylic acids is 1. The predicted molar refractivity (Wildman–Crippen MR) is 114 cm³/mol. The smallest absolute Gasteiger partial charge is 0.309 e. The van der Waals surface area contributed by atoms with Gasteiger partial charge in [-0.2, -0.15) is 10.3 Å². The average Bonchev–Trinajstić information content (AvgIpc) is 2.69. The molecule has 4 aliphatic rings. The third-order valence-corrected chi connectivity index (χ3v) is 7.96. The van der Waals surface area contributed by atoms with Crippen LogP contribution in [0.3, 0.4) is 0 Å². The molecule has 166 valence electrons. The molecule has 4 saturated carbocycles. The van der Waals surface area contributed by atoms with Gasteiger partial charge in [-0.05, 0) is 81.4 Å². The fraction of sp³-hybridized carbons (Fsp3) is 0.609. The van der Waals surface area contributed by atoms with Gasteiger partial charge in [0.05, 0.1) is 5.41 Å². The number of aliphatic carboxylic acids is 1. The van der Waals surface area contributed by atoms with Crippen molar-refractivity contribution in [3.63, 3.8) is 0 Å². The quantitative estimate of drug-likeness (QED) is 0.390. The van der Waals surface area contributed by atoms with E-state index in [-0.39, 0.29) is 34.6 Å². The SMILES string of the molecule is CC1C2CC3CC(CC1(C(=O)O)C3)C2NC(=NC#N)C(C)(C)Oc1ccc(Cl)cc1F. The number of aliphatic imine (C=N–C) groups is 1. The van der Waals surface area contributed by atoms with Gasteiger partial charge >= 0.3 is 5.97 Å². The van der Waals surface area contributed by atoms with E-state index in [0.717, 1.165) is 19.3 Å². The number of amidine groups is 1. The van der Waals surface area contributed by atoms with E-state index in [9.17, 15) is 19.6 Å². The molecule has 6 unspecified atom stereocenters. The van der Waals surface area contributed by atoms with E-state index in [1.165, 1.54) is 18.2 Å². The third kappa shape index (κ3) is 3.65. The summed E-state index contributed by atoms with van der Waals surface area (Å²) in [6.45, 7) is 5.49. The van der Waals surface area contributed by atoms with Gasteiger partial charge in [-0.3, -0.25) is 4.79 Å². The van der Waals surface area contributed by atoms with E-state index < -0.39 is 22.8 Å². The molecular formula is C23H27ClFN3O3.